The Bertz CT molecular complexity index is 1210. The minimum Gasteiger partial charge on any atom is -0.482 e. The Morgan fingerprint density at radius 2 is 1.71 bits per heavy atom. The van der Waals surface area contributed by atoms with Gasteiger partial charge in [-0.25, -0.2) is 9.59 Å². The summed E-state index contributed by atoms with van der Waals surface area (Å²) in [6, 6.07) is 13.6. The SMILES string of the molecule is COCCCNC(=O)c1cc2ccc(OC(=O)COc3ccc(C(C)(C)C)cc3)cc2oc1=O. The van der Waals surface area contributed by atoms with Crippen LogP contribution in [0.25, 0.3) is 11.0 Å². The molecular weight excluding hydrogens is 438 g/mol. The van der Waals surface area contributed by atoms with Gasteiger partial charge in [-0.2, -0.15) is 0 Å². The van der Waals surface area contributed by atoms with E-state index in [0.717, 1.165) is 5.56 Å². The first kappa shape index (κ1) is 25.0. The molecular formula is C26H29NO7. The van der Waals surface area contributed by atoms with Crippen LogP contribution in [0.3, 0.4) is 0 Å². The third-order valence-corrected chi connectivity index (χ3v) is 5.07. The zero-order chi connectivity index (χ0) is 24.7. The van der Waals surface area contributed by atoms with E-state index in [2.05, 4.69) is 26.1 Å². The van der Waals surface area contributed by atoms with Crippen molar-refractivity contribution in [3.63, 3.8) is 0 Å². The Hall–Kier alpha value is -3.65. The van der Waals surface area contributed by atoms with E-state index in [4.69, 9.17) is 18.6 Å². The molecule has 1 N–H and O–H groups in total. The van der Waals surface area contributed by atoms with Gasteiger partial charge in [-0.3, -0.25) is 4.79 Å². The van der Waals surface area contributed by atoms with Crippen LogP contribution in [-0.2, 0) is 14.9 Å². The number of fused-ring (bicyclic) bond motifs is 1. The van der Waals surface area contributed by atoms with Gasteiger partial charge in [0.2, 0.25) is 0 Å². The standard InChI is InChI=1S/C26H29NO7/c1-26(2,3)18-7-10-19(11-8-18)32-16-23(28)33-20-9-6-17-14-21(25(30)34-22(17)15-20)24(29)27-12-5-13-31-4/h6-11,14-15H,5,12-13,16H2,1-4H3,(H,27,29). The van der Waals surface area contributed by atoms with E-state index in [1.165, 1.54) is 12.1 Å². The predicted octanol–water partition coefficient (Wildman–Crippen LogP) is 3.84. The van der Waals surface area contributed by atoms with E-state index in [1.54, 1.807) is 19.2 Å². The van der Waals surface area contributed by atoms with Crippen molar-refractivity contribution in [3.05, 3.63) is 70.1 Å². The van der Waals surface area contributed by atoms with Crippen LogP contribution in [0.5, 0.6) is 11.5 Å². The summed E-state index contributed by atoms with van der Waals surface area (Å²) in [5.41, 5.74) is 0.511. The lowest BCUT2D eigenvalue weighted by molar-refractivity contribution is -0.136. The maximum Gasteiger partial charge on any atom is 0.349 e. The largest absolute Gasteiger partial charge is 0.482 e. The summed E-state index contributed by atoms with van der Waals surface area (Å²) < 4.78 is 21.0. The molecule has 0 fully saturated rings. The highest BCUT2D eigenvalue weighted by Gasteiger charge is 2.15. The maximum absolute atomic E-state index is 12.3. The smallest absolute Gasteiger partial charge is 0.349 e. The predicted molar refractivity (Wildman–Crippen MR) is 128 cm³/mol. The Labute approximate surface area is 197 Å². The van der Waals surface area contributed by atoms with Gasteiger partial charge in [-0.1, -0.05) is 32.9 Å². The minimum atomic E-state index is -0.776. The molecule has 1 heterocycles. The molecule has 0 aliphatic carbocycles. The summed E-state index contributed by atoms with van der Waals surface area (Å²) in [6.45, 7) is 6.95. The molecule has 8 nitrogen and oxygen atoms in total. The number of rotatable bonds is 9. The molecule has 0 atom stereocenters. The molecule has 3 rings (SSSR count). The molecule has 180 valence electrons. The van der Waals surface area contributed by atoms with Gasteiger partial charge in [-0.15, -0.1) is 0 Å². The minimum absolute atomic E-state index is 0.0250. The normalized spacial score (nSPS) is 11.3. The first-order chi connectivity index (χ1) is 16.2. The number of ether oxygens (including phenoxy) is 3. The van der Waals surface area contributed by atoms with E-state index >= 15 is 0 Å². The van der Waals surface area contributed by atoms with Crippen molar-refractivity contribution < 1.29 is 28.2 Å². The van der Waals surface area contributed by atoms with Crippen LogP contribution in [0.15, 0.2) is 57.7 Å². The van der Waals surface area contributed by atoms with Crippen molar-refractivity contribution in [2.45, 2.75) is 32.6 Å². The first-order valence-electron chi connectivity index (χ1n) is 11.0. The summed E-state index contributed by atoms with van der Waals surface area (Å²) in [4.78, 5) is 36.7. The molecule has 0 unspecified atom stereocenters. The maximum atomic E-state index is 12.3. The van der Waals surface area contributed by atoms with E-state index < -0.39 is 17.5 Å². The van der Waals surface area contributed by atoms with E-state index in [-0.39, 0.29) is 28.9 Å². The molecule has 0 saturated heterocycles. The summed E-state index contributed by atoms with van der Waals surface area (Å²) >= 11 is 0. The third-order valence-electron chi connectivity index (χ3n) is 5.07. The van der Waals surface area contributed by atoms with Gasteiger partial charge in [0.15, 0.2) is 6.61 Å². The van der Waals surface area contributed by atoms with Gasteiger partial charge in [0, 0.05) is 31.7 Å². The van der Waals surface area contributed by atoms with Crippen LogP contribution in [0.1, 0.15) is 43.1 Å². The zero-order valence-electron chi connectivity index (χ0n) is 19.8. The Morgan fingerprint density at radius 3 is 2.38 bits per heavy atom. The second-order valence-electron chi connectivity index (χ2n) is 8.79. The molecule has 34 heavy (non-hydrogen) atoms. The molecule has 0 saturated carbocycles. The van der Waals surface area contributed by atoms with Crippen LogP contribution in [-0.4, -0.2) is 38.7 Å². The first-order valence-corrected chi connectivity index (χ1v) is 11.0. The Morgan fingerprint density at radius 1 is 1.00 bits per heavy atom. The summed E-state index contributed by atoms with van der Waals surface area (Å²) in [6.07, 6.45) is 0.627. The monoisotopic (exact) mass is 467 g/mol. The fourth-order valence-corrected chi connectivity index (χ4v) is 3.18. The lowest BCUT2D eigenvalue weighted by Crippen LogP contribution is -2.29. The Kier molecular flexibility index (Phi) is 8.07. The van der Waals surface area contributed by atoms with E-state index in [0.29, 0.717) is 30.7 Å². The summed E-state index contributed by atoms with van der Waals surface area (Å²) in [5.74, 6) is -0.366. The summed E-state index contributed by atoms with van der Waals surface area (Å²) in [5, 5.41) is 3.18. The molecule has 3 aromatic rings. The average Bonchev–Trinajstić information content (AvgIpc) is 2.79. The van der Waals surface area contributed by atoms with Crippen LogP contribution in [0, 0.1) is 0 Å². The van der Waals surface area contributed by atoms with Gasteiger partial charge in [-0.05, 0) is 47.7 Å². The topological polar surface area (TPSA) is 104 Å². The van der Waals surface area contributed by atoms with Gasteiger partial charge >= 0.3 is 11.6 Å². The number of carbonyl (C=O) groups excluding carboxylic acids is 2. The fraction of sp³-hybridized carbons (Fsp3) is 0.346. The lowest BCUT2D eigenvalue weighted by atomic mass is 9.87. The van der Waals surface area contributed by atoms with Crippen molar-refractivity contribution in [3.8, 4) is 11.5 Å². The molecule has 0 aliphatic rings. The van der Waals surface area contributed by atoms with Crippen LogP contribution in [0.4, 0.5) is 0 Å². The highest BCUT2D eigenvalue weighted by molar-refractivity contribution is 5.96. The highest BCUT2D eigenvalue weighted by Crippen LogP contribution is 2.24. The van der Waals surface area contributed by atoms with Crippen molar-refractivity contribution in [1.29, 1.82) is 0 Å². The molecule has 1 aromatic heterocycles. The van der Waals surface area contributed by atoms with Gasteiger partial charge < -0.3 is 23.9 Å². The van der Waals surface area contributed by atoms with Crippen LogP contribution >= 0.6 is 0 Å². The van der Waals surface area contributed by atoms with Crippen molar-refractivity contribution >= 4 is 22.8 Å². The molecule has 8 heteroatoms. The number of hydrogen-bond donors (Lipinski definition) is 1. The number of amides is 1. The summed E-state index contributed by atoms with van der Waals surface area (Å²) in [7, 11) is 1.57. The van der Waals surface area contributed by atoms with Gasteiger partial charge in [0.25, 0.3) is 5.91 Å². The number of carbonyl (C=O) groups is 2. The second kappa shape index (κ2) is 11.0. The second-order valence-corrected chi connectivity index (χ2v) is 8.79. The molecule has 1 amide bonds. The Balaban J connectivity index is 1.61. The molecule has 0 aliphatic heterocycles. The number of methoxy groups -OCH3 is 1. The van der Waals surface area contributed by atoms with Crippen LogP contribution in [0.2, 0.25) is 0 Å². The average molecular weight is 468 g/mol. The van der Waals surface area contributed by atoms with Gasteiger partial charge in [0.1, 0.15) is 22.6 Å². The lowest BCUT2D eigenvalue weighted by Gasteiger charge is -2.19. The van der Waals surface area contributed by atoms with E-state index in [1.807, 2.05) is 24.3 Å². The molecule has 0 radical (unpaired) electrons. The molecule has 0 spiro atoms. The zero-order valence-corrected chi connectivity index (χ0v) is 19.8. The van der Waals surface area contributed by atoms with E-state index in [9.17, 15) is 14.4 Å². The van der Waals surface area contributed by atoms with Crippen molar-refractivity contribution in [1.82, 2.24) is 5.32 Å². The van der Waals surface area contributed by atoms with Crippen LogP contribution < -0.4 is 20.4 Å². The molecule has 2 aromatic carbocycles. The quantitative estimate of drug-likeness (QED) is 0.221. The van der Waals surface area contributed by atoms with Crippen molar-refractivity contribution in [2.75, 3.05) is 26.9 Å². The number of esters is 1. The number of benzene rings is 2. The highest BCUT2D eigenvalue weighted by atomic mass is 16.6. The third kappa shape index (κ3) is 6.68. The fourth-order valence-electron chi connectivity index (χ4n) is 3.18. The number of hydrogen-bond acceptors (Lipinski definition) is 7. The van der Waals surface area contributed by atoms with Crippen molar-refractivity contribution in [2.24, 2.45) is 0 Å². The molecule has 0 bridgehead atoms. The van der Waals surface area contributed by atoms with Gasteiger partial charge in [0.05, 0.1) is 0 Å². The number of nitrogens with one attached hydrogen (secondary N) is 1.